The molecule has 3 aromatic rings. The van der Waals surface area contributed by atoms with Crippen LogP contribution in [0.5, 0.6) is 11.5 Å². The monoisotopic (exact) mass is 526 g/mol. The van der Waals surface area contributed by atoms with Crippen molar-refractivity contribution in [3.8, 4) is 17.6 Å². The predicted octanol–water partition coefficient (Wildman–Crippen LogP) is 4.41. The van der Waals surface area contributed by atoms with Crippen molar-refractivity contribution >= 4 is 38.5 Å². The molecule has 2 aromatic carbocycles. The summed E-state index contributed by atoms with van der Waals surface area (Å²) in [5, 5.41) is 11.6. The molecular formula is C25H26N4O5S2. The Hall–Kier alpha value is -3.75. The third kappa shape index (κ3) is 7.13. The van der Waals surface area contributed by atoms with Crippen LogP contribution in [-0.2, 0) is 21.2 Å². The summed E-state index contributed by atoms with van der Waals surface area (Å²) in [6.45, 7) is 5.91. The number of methoxy groups -OCH3 is 1. The molecule has 1 aromatic heterocycles. The maximum atomic E-state index is 12.6. The molecule has 0 spiro atoms. The van der Waals surface area contributed by atoms with Crippen LogP contribution in [0.1, 0.15) is 30.5 Å². The maximum absolute atomic E-state index is 12.6. The van der Waals surface area contributed by atoms with Crippen molar-refractivity contribution in [1.29, 1.82) is 5.26 Å². The molecule has 1 amide bonds. The first-order chi connectivity index (χ1) is 17.1. The van der Waals surface area contributed by atoms with Crippen LogP contribution in [0.15, 0.2) is 53.2 Å². The van der Waals surface area contributed by atoms with Crippen molar-refractivity contribution in [1.82, 2.24) is 9.36 Å². The van der Waals surface area contributed by atoms with E-state index in [1.807, 2.05) is 37.3 Å². The molecule has 36 heavy (non-hydrogen) atoms. The van der Waals surface area contributed by atoms with Crippen LogP contribution >= 0.6 is 11.5 Å². The van der Waals surface area contributed by atoms with Gasteiger partial charge in [-0.1, -0.05) is 49.7 Å². The number of benzene rings is 2. The molecule has 0 fully saturated rings. The number of sulfone groups is 1. The Bertz CT molecular complexity index is 1400. The minimum atomic E-state index is -3.65. The van der Waals surface area contributed by atoms with Gasteiger partial charge >= 0.3 is 0 Å². The molecule has 11 heteroatoms. The smallest absolute Gasteiger partial charge is 0.268 e. The minimum Gasteiger partial charge on any atom is -0.493 e. The third-order valence-corrected chi connectivity index (χ3v) is 7.43. The standard InChI is InChI=1S/C25H26N4O5S2/c1-16(2)15-36(31,32)25-28-24(35-29-25)27-23(30)20(13-26)11-19-9-10-21(22(12-19)33-4)34-14-18-7-5-17(3)6-8-18/h5-12,16H,14-15H2,1-4H3,(H,27,28,29,30). The zero-order valence-corrected chi connectivity index (χ0v) is 21.9. The van der Waals surface area contributed by atoms with Crippen molar-refractivity contribution < 1.29 is 22.7 Å². The van der Waals surface area contributed by atoms with E-state index in [1.165, 1.54) is 13.2 Å². The van der Waals surface area contributed by atoms with Gasteiger partial charge in [-0.05, 0) is 42.2 Å². The van der Waals surface area contributed by atoms with Crippen LogP contribution in [0.3, 0.4) is 0 Å². The molecule has 0 atom stereocenters. The van der Waals surface area contributed by atoms with Crippen LogP contribution in [0.25, 0.3) is 6.08 Å². The number of rotatable bonds is 10. The number of nitrogens with zero attached hydrogens (tertiary/aromatic N) is 3. The fourth-order valence-corrected chi connectivity index (χ4v) is 5.47. The Kier molecular flexibility index (Phi) is 8.79. The lowest BCUT2D eigenvalue weighted by atomic mass is 10.1. The fraction of sp³-hybridized carbons (Fsp3) is 0.280. The molecule has 9 nitrogen and oxygen atoms in total. The summed E-state index contributed by atoms with van der Waals surface area (Å²) in [4.78, 5) is 16.5. The number of ether oxygens (including phenoxy) is 2. The van der Waals surface area contributed by atoms with E-state index in [0.29, 0.717) is 23.7 Å². The molecule has 0 bridgehead atoms. The van der Waals surface area contributed by atoms with E-state index in [2.05, 4.69) is 14.7 Å². The highest BCUT2D eigenvalue weighted by molar-refractivity contribution is 7.91. The van der Waals surface area contributed by atoms with E-state index in [4.69, 9.17) is 9.47 Å². The highest BCUT2D eigenvalue weighted by atomic mass is 32.2. The molecule has 0 aliphatic carbocycles. The highest BCUT2D eigenvalue weighted by Crippen LogP contribution is 2.30. The van der Waals surface area contributed by atoms with Crippen LogP contribution in [0.4, 0.5) is 5.13 Å². The van der Waals surface area contributed by atoms with Gasteiger partial charge in [0, 0.05) is 11.5 Å². The molecule has 0 radical (unpaired) electrons. The Morgan fingerprint density at radius 2 is 1.92 bits per heavy atom. The van der Waals surface area contributed by atoms with Crippen LogP contribution < -0.4 is 14.8 Å². The SMILES string of the molecule is COc1cc(C=C(C#N)C(=O)Nc2nc(S(=O)(=O)CC(C)C)ns2)ccc1OCc1ccc(C)cc1. The number of amides is 1. The van der Waals surface area contributed by atoms with Gasteiger partial charge < -0.3 is 9.47 Å². The number of aromatic nitrogens is 2. The maximum Gasteiger partial charge on any atom is 0.268 e. The third-order valence-electron chi connectivity index (χ3n) is 4.84. The summed E-state index contributed by atoms with van der Waals surface area (Å²) in [5.74, 6) is 0.0218. The number of hydrogen-bond donors (Lipinski definition) is 1. The number of hydrogen-bond acceptors (Lipinski definition) is 9. The second-order valence-electron chi connectivity index (χ2n) is 8.37. The van der Waals surface area contributed by atoms with Crippen molar-refractivity contribution in [2.45, 2.75) is 32.5 Å². The van der Waals surface area contributed by atoms with Gasteiger partial charge in [-0.25, -0.2) is 8.42 Å². The Balaban J connectivity index is 1.72. The Morgan fingerprint density at radius 3 is 2.56 bits per heavy atom. The number of aryl methyl sites for hydroxylation is 1. The van der Waals surface area contributed by atoms with Crippen molar-refractivity contribution in [2.75, 3.05) is 18.2 Å². The van der Waals surface area contributed by atoms with Crippen molar-refractivity contribution in [3.05, 3.63) is 64.7 Å². The van der Waals surface area contributed by atoms with Crippen LogP contribution in [0, 0.1) is 24.2 Å². The lowest BCUT2D eigenvalue weighted by molar-refractivity contribution is -0.112. The molecule has 3 rings (SSSR count). The lowest BCUT2D eigenvalue weighted by Crippen LogP contribution is -2.15. The summed E-state index contributed by atoms with van der Waals surface area (Å²) < 4.78 is 39.7. The van der Waals surface area contributed by atoms with E-state index in [0.717, 1.165) is 22.7 Å². The van der Waals surface area contributed by atoms with Gasteiger partial charge in [0.1, 0.15) is 18.2 Å². The average molecular weight is 527 g/mol. The van der Waals surface area contributed by atoms with Gasteiger partial charge in [-0.3, -0.25) is 10.1 Å². The summed E-state index contributed by atoms with van der Waals surface area (Å²) in [5.41, 5.74) is 2.50. The highest BCUT2D eigenvalue weighted by Gasteiger charge is 2.23. The number of nitriles is 1. The molecule has 188 valence electrons. The lowest BCUT2D eigenvalue weighted by Gasteiger charge is -2.12. The first kappa shape index (κ1) is 26.8. The normalized spacial score (nSPS) is 11.7. The number of carbonyl (C=O) groups is 1. The van der Waals surface area contributed by atoms with Gasteiger partial charge in [0.15, 0.2) is 11.5 Å². The Labute approximate surface area is 214 Å². The first-order valence-corrected chi connectivity index (χ1v) is 13.4. The molecule has 0 saturated heterocycles. The molecule has 0 unspecified atom stereocenters. The molecule has 1 N–H and O–H groups in total. The molecule has 0 saturated carbocycles. The van der Waals surface area contributed by atoms with Crippen molar-refractivity contribution in [2.24, 2.45) is 5.92 Å². The van der Waals surface area contributed by atoms with E-state index in [-0.39, 0.29) is 27.5 Å². The van der Waals surface area contributed by atoms with Crippen LogP contribution in [-0.4, -0.2) is 36.5 Å². The van der Waals surface area contributed by atoms with Gasteiger partial charge in [-0.15, -0.1) is 0 Å². The summed E-state index contributed by atoms with van der Waals surface area (Å²) in [6, 6.07) is 14.9. The molecule has 0 aliphatic heterocycles. The average Bonchev–Trinajstić information content (AvgIpc) is 3.31. The van der Waals surface area contributed by atoms with E-state index < -0.39 is 15.7 Å². The molecular weight excluding hydrogens is 500 g/mol. The van der Waals surface area contributed by atoms with E-state index in [9.17, 15) is 18.5 Å². The zero-order valence-electron chi connectivity index (χ0n) is 20.3. The quantitative estimate of drug-likeness (QED) is 0.304. The fourth-order valence-electron chi connectivity index (χ4n) is 3.12. The summed E-state index contributed by atoms with van der Waals surface area (Å²) in [6.07, 6.45) is 1.39. The first-order valence-electron chi connectivity index (χ1n) is 11.0. The number of nitrogens with one attached hydrogen (secondary N) is 1. The number of carbonyl (C=O) groups excluding carboxylic acids is 1. The van der Waals surface area contributed by atoms with Crippen molar-refractivity contribution in [3.63, 3.8) is 0 Å². The summed E-state index contributed by atoms with van der Waals surface area (Å²) >= 11 is 0.733. The largest absolute Gasteiger partial charge is 0.493 e. The summed E-state index contributed by atoms with van der Waals surface area (Å²) in [7, 11) is -2.15. The Morgan fingerprint density at radius 1 is 1.19 bits per heavy atom. The predicted molar refractivity (Wildman–Crippen MR) is 138 cm³/mol. The second kappa shape index (κ2) is 11.8. The van der Waals surface area contributed by atoms with Gasteiger partial charge in [0.2, 0.25) is 15.0 Å². The zero-order chi connectivity index (χ0) is 26.3. The molecule has 1 heterocycles. The topological polar surface area (TPSA) is 131 Å². The van der Waals surface area contributed by atoms with Crippen LogP contribution in [0.2, 0.25) is 0 Å². The number of anilines is 1. The van der Waals surface area contributed by atoms with E-state index in [1.54, 1.807) is 32.0 Å². The molecule has 0 aliphatic rings. The van der Waals surface area contributed by atoms with E-state index >= 15 is 0 Å². The van der Waals surface area contributed by atoms with Gasteiger partial charge in [0.05, 0.1) is 12.9 Å². The van der Waals surface area contributed by atoms with Gasteiger partial charge in [0.25, 0.3) is 11.1 Å². The van der Waals surface area contributed by atoms with Gasteiger partial charge in [-0.2, -0.15) is 14.6 Å². The second-order valence-corrected chi connectivity index (χ2v) is 11.0. The minimum absolute atomic E-state index is 0.0130.